The van der Waals surface area contributed by atoms with Gasteiger partial charge in [0.2, 0.25) is 5.91 Å². The minimum absolute atomic E-state index is 0.267. The van der Waals surface area contributed by atoms with Crippen molar-refractivity contribution in [3.63, 3.8) is 0 Å². The van der Waals surface area contributed by atoms with E-state index in [0.29, 0.717) is 19.3 Å². The zero-order chi connectivity index (χ0) is 54.0. The van der Waals surface area contributed by atoms with E-state index in [-0.39, 0.29) is 6.42 Å². The van der Waals surface area contributed by atoms with Crippen LogP contribution in [0.1, 0.15) is 328 Å². The van der Waals surface area contributed by atoms with Crippen LogP contribution in [0.2, 0.25) is 0 Å². The van der Waals surface area contributed by atoms with Crippen molar-refractivity contribution < 1.29 is 50.0 Å². The molecule has 0 saturated carbocycles. The second-order valence-corrected chi connectivity index (χ2v) is 23.2. The average molecular weight is 1060 g/mol. The van der Waals surface area contributed by atoms with Gasteiger partial charge in [0.1, 0.15) is 36.6 Å². The molecule has 1 fully saturated rings. The predicted molar refractivity (Wildman–Crippen MR) is 307 cm³/mol. The van der Waals surface area contributed by atoms with Gasteiger partial charge in [-0.25, -0.2) is 0 Å². The van der Waals surface area contributed by atoms with Gasteiger partial charge in [-0.3, -0.25) is 4.79 Å². The summed E-state index contributed by atoms with van der Waals surface area (Å²) in [6, 6.07) is -1.16. The molecule has 0 bridgehead atoms. The van der Waals surface area contributed by atoms with E-state index in [4.69, 9.17) is 9.47 Å². The lowest BCUT2D eigenvalue weighted by molar-refractivity contribution is -0.303. The van der Waals surface area contributed by atoms with Crippen LogP contribution in [0.4, 0.5) is 0 Å². The minimum atomic E-state index is -1.66. The Morgan fingerprint density at radius 2 is 0.703 bits per heavy atom. The van der Waals surface area contributed by atoms with Crippen LogP contribution in [-0.2, 0) is 14.3 Å². The van der Waals surface area contributed by atoms with Crippen molar-refractivity contribution in [3.8, 4) is 0 Å². The first-order valence-corrected chi connectivity index (χ1v) is 32.4. The molecule has 1 heterocycles. The van der Waals surface area contributed by atoms with E-state index in [1.54, 1.807) is 0 Å². The van der Waals surface area contributed by atoms with Crippen LogP contribution in [0.5, 0.6) is 0 Å². The van der Waals surface area contributed by atoms with Crippen molar-refractivity contribution in [1.29, 1.82) is 0 Å². The number of aliphatic hydroxyl groups excluding tert-OH is 7. The summed E-state index contributed by atoms with van der Waals surface area (Å²) in [4.78, 5) is 13.2. The molecule has 0 spiro atoms. The Balaban J connectivity index is 2.21. The summed E-state index contributed by atoms with van der Waals surface area (Å²) in [7, 11) is 0. The van der Waals surface area contributed by atoms with Gasteiger partial charge in [-0.2, -0.15) is 0 Å². The molecule has 1 aliphatic rings. The van der Waals surface area contributed by atoms with Crippen molar-refractivity contribution in [2.24, 2.45) is 0 Å². The summed E-state index contributed by atoms with van der Waals surface area (Å²) in [6.07, 6.45) is 50.3. The number of aliphatic hydroxyl groups is 7. The number of unbranched alkanes of at least 4 members (excludes halogenated alkanes) is 45. The predicted octanol–water partition coefficient (Wildman–Crippen LogP) is 14.5. The van der Waals surface area contributed by atoms with Crippen LogP contribution < -0.4 is 5.32 Å². The van der Waals surface area contributed by atoms with E-state index >= 15 is 0 Å². The molecule has 9 atom stereocenters. The third kappa shape index (κ3) is 40.3. The third-order valence-corrected chi connectivity index (χ3v) is 16.2. The molecule has 0 aliphatic carbocycles. The Hall–Kier alpha value is -0.890. The quantitative estimate of drug-likeness (QED) is 0.0272. The monoisotopic (exact) mass is 1060 g/mol. The topological polar surface area (TPSA) is 189 Å². The van der Waals surface area contributed by atoms with Crippen molar-refractivity contribution in [2.75, 3.05) is 13.2 Å². The van der Waals surface area contributed by atoms with Gasteiger partial charge in [-0.15, -0.1) is 0 Å². The van der Waals surface area contributed by atoms with Gasteiger partial charge < -0.3 is 50.5 Å². The van der Waals surface area contributed by atoms with E-state index in [1.165, 1.54) is 250 Å². The number of carbonyl (C=O) groups is 1. The molecule has 1 saturated heterocycles. The molecule has 1 amide bonds. The van der Waals surface area contributed by atoms with Crippen LogP contribution in [0.15, 0.2) is 0 Å². The van der Waals surface area contributed by atoms with E-state index in [2.05, 4.69) is 19.2 Å². The smallest absolute Gasteiger partial charge is 0.249 e. The number of ether oxygens (including phenoxy) is 2. The fourth-order valence-electron chi connectivity index (χ4n) is 10.9. The third-order valence-electron chi connectivity index (χ3n) is 16.2. The Labute approximate surface area is 456 Å². The fraction of sp³-hybridized carbons (Fsp3) is 0.984. The van der Waals surface area contributed by atoms with Crippen LogP contribution in [0.3, 0.4) is 0 Å². The first-order chi connectivity index (χ1) is 36.2. The number of carbonyl (C=O) groups excluding carboxylic acids is 1. The molecule has 9 unspecified atom stereocenters. The van der Waals surface area contributed by atoms with Crippen molar-refractivity contribution in [3.05, 3.63) is 0 Å². The number of amides is 1. The van der Waals surface area contributed by atoms with Gasteiger partial charge >= 0.3 is 0 Å². The zero-order valence-electron chi connectivity index (χ0n) is 48.6. The van der Waals surface area contributed by atoms with Gasteiger partial charge in [-0.1, -0.05) is 316 Å². The molecule has 11 nitrogen and oxygen atoms in total. The Morgan fingerprint density at radius 3 is 1.00 bits per heavy atom. The Morgan fingerprint density at radius 1 is 0.419 bits per heavy atom. The van der Waals surface area contributed by atoms with Crippen LogP contribution in [0, 0.1) is 0 Å². The average Bonchev–Trinajstić information content (AvgIpc) is 3.40. The molecule has 8 N–H and O–H groups in total. The SMILES string of the molecule is CCCCCCCCCCCCCCCCCCCCCCCCCCCCCCC(O)C(=O)NC(COC1OC(CO)C(O)C(O)C1O)C(O)C(O)CCCCCCCCCCCCCCCCCCCCC. The molecule has 0 aromatic carbocycles. The summed E-state index contributed by atoms with van der Waals surface area (Å²) < 4.78 is 11.2. The van der Waals surface area contributed by atoms with E-state index < -0.39 is 74.2 Å². The summed E-state index contributed by atoms with van der Waals surface area (Å²) in [6.45, 7) is 3.51. The lowest BCUT2D eigenvalue weighted by Gasteiger charge is -2.40. The number of rotatable bonds is 57. The second kappa shape index (κ2) is 52.8. The first kappa shape index (κ1) is 71.1. The van der Waals surface area contributed by atoms with Gasteiger partial charge in [-0.05, 0) is 12.8 Å². The lowest BCUT2D eigenvalue weighted by Crippen LogP contribution is -2.60. The molecule has 1 aliphatic heterocycles. The first-order valence-electron chi connectivity index (χ1n) is 32.4. The van der Waals surface area contributed by atoms with E-state index in [1.807, 2.05) is 0 Å². The van der Waals surface area contributed by atoms with E-state index in [9.17, 15) is 40.5 Å². The maximum absolute atomic E-state index is 13.2. The van der Waals surface area contributed by atoms with Gasteiger partial charge in [0.05, 0.1) is 25.4 Å². The van der Waals surface area contributed by atoms with E-state index in [0.717, 1.165) is 38.5 Å². The van der Waals surface area contributed by atoms with Gasteiger partial charge in [0.25, 0.3) is 0 Å². The van der Waals surface area contributed by atoms with Crippen molar-refractivity contribution >= 4 is 5.91 Å². The Kier molecular flexibility index (Phi) is 50.7. The van der Waals surface area contributed by atoms with Crippen LogP contribution in [-0.4, -0.2) is 110 Å². The maximum atomic E-state index is 13.2. The highest BCUT2D eigenvalue weighted by Crippen LogP contribution is 2.24. The van der Waals surface area contributed by atoms with Crippen molar-refractivity contribution in [2.45, 2.75) is 384 Å². The second-order valence-electron chi connectivity index (χ2n) is 23.2. The normalized spacial score (nSPS) is 19.7. The fourth-order valence-corrected chi connectivity index (χ4v) is 10.9. The highest BCUT2D eigenvalue weighted by atomic mass is 16.7. The molecular formula is C63H125NO10. The molecule has 11 heteroatoms. The highest BCUT2D eigenvalue weighted by Gasteiger charge is 2.44. The minimum Gasteiger partial charge on any atom is -0.394 e. The summed E-state index contributed by atoms with van der Waals surface area (Å²) in [5.74, 6) is -0.688. The number of nitrogens with one attached hydrogen (secondary N) is 1. The molecule has 0 aromatic rings. The summed E-state index contributed by atoms with van der Waals surface area (Å²) in [5.41, 5.74) is 0. The summed E-state index contributed by atoms with van der Waals surface area (Å²) >= 11 is 0. The largest absolute Gasteiger partial charge is 0.394 e. The van der Waals surface area contributed by atoms with Crippen molar-refractivity contribution in [1.82, 2.24) is 5.32 Å². The Bertz CT molecular complexity index is 1160. The van der Waals surface area contributed by atoms with Gasteiger partial charge in [0, 0.05) is 0 Å². The number of hydrogen-bond acceptors (Lipinski definition) is 10. The summed E-state index contributed by atoms with van der Waals surface area (Å²) in [5, 5.41) is 76.4. The molecule has 0 radical (unpaired) electrons. The molecule has 1 rings (SSSR count). The van der Waals surface area contributed by atoms with Crippen LogP contribution >= 0.6 is 0 Å². The van der Waals surface area contributed by atoms with Crippen LogP contribution in [0.25, 0.3) is 0 Å². The molecular weight excluding hydrogens is 931 g/mol. The van der Waals surface area contributed by atoms with Gasteiger partial charge in [0.15, 0.2) is 6.29 Å². The molecule has 74 heavy (non-hydrogen) atoms. The molecule has 442 valence electrons. The standard InChI is InChI=1S/C63H125NO10/c1-3-5-7-9-11-13-15-17-19-21-23-24-25-26-27-28-29-30-31-33-35-37-39-41-43-45-47-49-51-56(67)62(72)64-54(53-73-63-61(71)60(70)59(69)57(52-65)74-63)58(68)55(66)50-48-46-44-42-40-38-36-34-32-22-20-18-16-14-12-10-8-6-4-2/h54-61,63,65-71H,3-53H2,1-2H3,(H,64,72). The number of hydrogen-bond donors (Lipinski definition) is 8. The lowest BCUT2D eigenvalue weighted by atomic mass is 9.98. The highest BCUT2D eigenvalue weighted by molar-refractivity contribution is 5.80. The zero-order valence-corrected chi connectivity index (χ0v) is 48.6. The molecule has 0 aromatic heterocycles. The maximum Gasteiger partial charge on any atom is 0.249 e.